The van der Waals surface area contributed by atoms with E-state index in [1.165, 1.54) is 0 Å². The van der Waals surface area contributed by atoms with Gasteiger partial charge in [-0.2, -0.15) is 0 Å². The second-order valence-corrected chi connectivity index (χ2v) is 10.5. The van der Waals surface area contributed by atoms with Crippen molar-refractivity contribution in [1.29, 1.82) is 0 Å². The van der Waals surface area contributed by atoms with E-state index < -0.39 is 119 Å². The van der Waals surface area contributed by atoms with E-state index in [1.807, 2.05) is 0 Å². The first-order valence-electron chi connectivity index (χ1n) is 14.0. The van der Waals surface area contributed by atoms with Crippen LogP contribution in [-0.4, -0.2) is 200 Å². The van der Waals surface area contributed by atoms with E-state index in [2.05, 4.69) is 19.7 Å². The van der Waals surface area contributed by atoms with Crippen LogP contribution in [0.15, 0.2) is 38.0 Å². The van der Waals surface area contributed by atoms with Crippen molar-refractivity contribution >= 4 is 17.9 Å². The monoisotopic (exact) mass is 724 g/mol. The minimum absolute atomic E-state index is 0.141. The van der Waals surface area contributed by atoms with E-state index >= 15 is 0 Å². The highest BCUT2D eigenvalue weighted by molar-refractivity contribution is 5.79. The summed E-state index contributed by atoms with van der Waals surface area (Å²) in [5.41, 5.74) is -4.64. The van der Waals surface area contributed by atoms with Gasteiger partial charge in [-0.1, -0.05) is 19.7 Å². The third-order valence-electron chi connectivity index (χ3n) is 6.18. The summed E-state index contributed by atoms with van der Waals surface area (Å²) in [6, 6.07) is 0. The number of hydrogen-bond acceptors (Lipinski definition) is 17. The van der Waals surface area contributed by atoms with Crippen LogP contribution in [0, 0.1) is 21.7 Å². The van der Waals surface area contributed by atoms with Crippen LogP contribution in [0.3, 0.4) is 0 Å². The maximum Gasteiger partial charge on any atom is 0.327 e. The van der Waals surface area contributed by atoms with Gasteiger partial charge in [0.25, 0.3) is 0 Å². The van der Waals surface area contributed by atoms with Crippen LogP contribution >= 0.6 is 0 Å². The van der Waals surface area contributed by atoms with Gasteiger partial charge in [0.2, 0.25) is 0 Å². The summed E-state index contributed by atoms with van der Waals surface area (Å²) in [5, 5.41) is 131. The molecule has 20 heteroatoms. The summed E-state index contributed by atoms with van der Waals surface area (Å²) < 4.78 is 10.3. The number of hydrogen-bond donors (Lipinski definition) is 15. The second kappa shape index (κ2) is 33.6. The van der Waals surface area contributed by atoms with Crippen LogP contribution in [-0.2, 0) is 23.9 Å². The molecule has 20 nitrogen and oxygen atoms in total. The molecule has 0 aromatic rings. The lowest BCUT2D eigenvalue weighted by molar-refractivity contribution is -0.132. The third-order valence-corrected chi connectivity index (χ3v) is 6.18. The Bertz CT molecular complexity index is 691. The average Bonchev–Trinajstić information content (AvgIpc) is 3.14. The Labute approximate surface area is 284 Å². The van der Waals surface area contributed by atoms with Crippen molar-refractivity contribution in [2.24, 2.45) is 21.7 Å². The van der Waals surface area contributed by atoms with Crippen molar-refractivity contribution in [3.63, 3.8) is 0 Å². The molecule has 0 heterocycles. The van der Waals surface area contributed by atoms with Gasteiger partial charge in [-0.05, 0) is 0 Å². The quantitative estimate of drug-likeness (QED) is 0.0437. The van der Waals surface area contributed by atoms with Gasteiger partial charge in [-0.3, -0.25) is 0 Å². The number of aliphatic hydroxyl groups is 12. The van der Waals surface area contributed by atoms with Crippen LogP contribution in [0.2, 0.25) is 0 Å². The van der Waals surface area contributed by atoms with E-state index in [4.69, 9.17) is 86.1 Å². The number of rotatable bonds is 23. The minimum Gasteiger partial charge on any atom is -0.478 e. The van der Waals surface area contributed by atoms with Crippen LogP contribution < -0.4 is 0 Å². The summed E-state index contributed by atoms with van der Waals surface area (Å²) in [4.78, 5) is 27.8. The Balaban J connectivity index is -0.000000187. The van der Waals surface area contributed by atoms with Crippen LogP contribution in [0.4, 0.5) is 0 Å². The van der Waals surface area contributed by atoms with Gasteiger partial charge in [-0.15, -0.1) is 0 Å². The zero-order chi connectivity index (χ0) is 39.6. The van der Waals surface area contributed by atoms with Crippen LogP contribution in [0.25, 0.3) is 0 Å². The molecule has 0 aromatic heterocycles. The number of ether oxygens (including phenoxy) is 2. The Hall–Kier alpha value is -2.93. The number of carboxylic acid groups (broad SMARTS) is 3. The molecule has 0 radical (unpaired) electrons. The van der Waals surface area contributed by atoms with E-state index in [0.717, 1.165) is 18.2 Å². The second-order valence-electron chi connectivity index (χ2n) is 10.5. The molecular weight excluding hydrogens is 668 g/mol. The first-order chi connectivity index (χ1) is 23.0. The van der Waals surface area contributed by atoms with Gasteiger partial charge < -0.3 is 86.1 Å². The fourth-order valence-electron chi connectivity index (χ4n) is 2.12. The number of aliphatic carboxylic acids is 3. The summed E-state index contributed by atoms with van der Waals surface area (Å²) in [6.07, 6.45) is 2.50. The van der Waals surface area contributed by atoms with Gasteiger partial charge in [0.1, 0.15) is 0 Å². The molecule has 0 fully saturated rings. The highest BCUT2D eigenvalue weighted by Crippen LogP contribution is 2.21. The lowest BCUT2D eigenvalue weighted by Gasteiger charge is -2.31. The predicted octanol–water partition coefficient (Wildman–Crippen LogP) is -5.37. The SMILES string of the molecule is C=CC(=O)O.C=CC(=O)O.C=CC(=O)O.OCC(CO)(CO)COCC(CO)(CO)CO.OCC(CO)(CO)COCC(CO)(CO)CO. The molecule has 49 heavy (non-hydrogen) atoms. The fraction of sp³-hybridized carbons (Fsp3) is 0.690. The Kier molecular flexibility index (Phi) is 38.0. The summed E-state index contributed by atoms with van der Waals surface area (Å²) >= 11 is 0. The number of carbonyl (C=O) groups is 3. The molecule has 0 rings (SSSR count). The van der Waals surface area contributed by atoms with Gasteiger partial charge in [0.05, 0.1) is 127 Å². The van der Waals surface area contributed by atoms with Crippen molar-refractivity contribution in [1.82, 2.24) is 0 Å². The molecule has 15 N–H and O–H groups in total. The van der Waals surface area contributed by atoms with Crippen LogP contribution in [0.1, 0.15) is 0 Å². The summed E-state index contributed by atoms with van der Waals surface area (Å²) in [7, 11) is 0. The van der Waals surface area contributed by atoms with Gasteiger partial charge in [-0.25, -0.2) is 14.4 Å². The van der Waals surface area contributed by atoms with Crippen molar-refractivity contribution in [3.8, 4) is 0 Å². The molecule has 0 saturated carbocycles. The molecule has 0 aliphatic heterocycles. The lowest BCUT2D eigenvalue weighted by atomic mass is 9.91. The molecule has 0 saturated heterocycles. The van der Waals surface area contributed by atoms with Crippen LogP contribution in [0.5, 0.6) is 0 Å². The molecule has 0 amide bonds. The smallest absolute Gasteiger partial charge is 0.327 e. The molecule has 0 aliphatic rings. The number of carboxylic acids is 3. The first kappa shape index (κ1) is 55.5. The largest absolute Gasteiger partial charge is 0.478 e. The van der Waals surface area contributed by atoms with Crippen molar-refractivity contribution in [2.45, 2.75) is 0 Å². The maximum atomic E-state index is 9.25. The summed E-state index contributed by atoms with van der Waals surface area (Å²) in [6.45, 7) is 2.87. The molecular formula is C29H56O20. The standard InChI is InChI=1S/2C10H22O7.3C3H4O2/c2*11-1-9(2-12,3-13)7-17-8-10(4-14,5-15)6-16;3*1-2-3(4)5/h2*11-16H,1-8H2;3*2H,1H2,(H,4,5). The molecule has 0 atom stereocenters. The lowest BCUT2D eigenvalue weighted by Crippen LogP contribution is -2.43. The molecule has 292 valence electrons. The Morgan fingerprint density at radius 3 is 0.531 bits per heavy atom. The first-order valence-corrected chi connectivity index (χ1v) is 14.0. The molecule has 0 unspecified atom stereocenters. The van der Waals surface area contributed by atoms with Crippen molar-refractivity contribution < 1.29 is 100 Å². The van der Waals surface area contributed by atoms with E-state index in [-0.39, 0.29) is 26.4 Å². The third kappa shape index (κ3) is 27.6. The predicted molar refractivity (Wildman–Crippen MR) is 170 cm³/mol. The van der Waals surface area contributed by atoms with E-state index in [0.29, 0.717) is 0 Å². The molecule has 0 spiro atoms. The van der Waals surface area contributed by atoms with E-state index in [9.17, 15) is 14.4 Å². The van der Waals surface area contributed by atoms with Gasteiger partial charge in [0, 0.05) is 18.2 Å². The highest BCUT2D eigenvalue weighted by Gasteiger charge is 2.34. The summed E-state index contributed by atoms with van der Waals surface area (Å²) in [5.74, 6) is -2.94. The molecule has 0 aliphatic carbocycles. The topological polar surface area (TPSA) is 373 Å². The number of aliphatic hydroxyl groups excluding tert-OH is 12. The normalized spacial score (nSPS) is 11.0. The maximum absolute atomic E-state index is 9.25. The van der Waals surface area contributed by atoms with Gasteiger partial charge in [0.15, 0.2) is 0 Å². The Morgan fingerprint density at radius 1 is 0.367 bits per heavy atom. The molecule has 0 bridgehead atoms. The zero-order valence-electron chi connectivity index (χ0n) is 27.4. The van der Waals surface area contributed by atoms with E-state index in [1.54, 1.807) is 0 Å². The van der Waals surface area contributed by atoms with Crippen molar-refractivity contribution in [3.05, 3.63) is 38.0 Å². The zero-order valence-corrected chi connectivity index (χ0v) is 27.4. The highest BCUT2D eigenvalue weighted by atomic mass is 16.5. The average molecular weight is 725 g/mol. The minimum atomic E-state index is -1.16. The Morgan fingerprint density at radius 2 is 0.469 bits per heavy atom. The van der Waals surface area contributed by atoms with Gasteiger partial charge >= 0.3 is 17.9 Å². The molecule has 0 aromatic carbocycles. The van der Waals surface area contributed by atoms with Crippen molar-refractivity contribution in [2.75, 3.05) is 106 Å². The fourth-order valence-corrected chi connectivity index (χ4v) is 2.12.